The maximum Gasteiger partial charge on any atom is 0.0429 e. The van der Waals surface area contributed by atoms with Crippen molar-refractivity contribution in [3.63, 3.8) is 0 Å². The SMILES string of the molecule is Nc1c(-c2ccccc2)ccc2c1CCC2. The van der Waals surface area contributed by atoms with Gasteiger partial charge in [-0.15, -0.1) is 0 Å². The van der Waals surface area contributed by atoms with Crippen LogP contribution in [0, 0.1) is 0 Å². The predicted octanol–water partition coefficient (Wildman–Crippen LogP) is 3.42. The molecule has 1 heteroatoms. The number of rotatable bonds is 1. The molecule has 0 aliphatic heterocycles. The zero-order valence-electron chi connectivity index (χ0n) is 9.24. The Hall–Kier alpha value is -1.76. The number of hydrogen-bond acceptors (Lipinski definition) is 1. The highest BCUT2D eigenvalue weighted by Gasteiger charge is 2.16. The van der Waals surface area contributed by atoms with Crippen LogP contribution in [0.4, 0.5) is 5.69 Å². The summed E-state index contributed by atoms with van der Waals surface area (Å²) in [6, 6.07) is 14.8. The van der Waals surface area contributed by atoms with Crippen molar-refractivity contribution in [1.82, 2.24) is 0 Å². The van der Waals surface area contributed by atoms with E-state index in [9.17, 15) is 0 Å². The van der Waals surface area contributed by atoms with E-state index < -0.39 is 0 Å². The third-order valence-electron chi connectivity index (χ3n) is 3.41. The van der Waals surface area contributed by atoms with Crippen LogP contribution in [0.1, 0.15) is 17.5 Å². The van der Waals surface area contributed by atoms with E-state index in [1.54, 1.807) is 0 Å². The van der Waals surface area contributed by atoms with Crippen LogP contribution in [0.5, 0.6) is 0 Å². The zero-order chi connectivity index (χ0) is 11.0. The Morgan fingerprint density at radius 1 is 0.875 bits per heavy atom. The van der Waals surface area contributed by atoms with Crippen molar-refractivity contribution < 1.29 is 0 Å². The minimum absolute atomic E-state index is 0.987. The van der Waals surface area contributed by atoms with E-state index in [1.807, 2.05) is 6.07 Å². The molecule has 16 heavy (non-hydrogen) atoms. The van der Waals surface area contributed by atoms with Crippen molar-refractivity contribution in [1.29, 1.82) is 0 Å². The molecular weight excluding hydrogens is 194 g/mol. The number of benzene rings is 2. The molecule has 0 radical (unpaired) electrons. The lowest BCUT2D eigenvalue weighted by Gasteiger charge is -2.10. The minimum atomic E-state index is 0.987. The highest BCUT2D eigenvalue weighted by Crippen LogP contribution is 2.35. The van der Waals surface area contributed by atoms with Crippen LogP contribution in [0.15, 0.2) is 42.5 Å². The Bertz CT molecular complexity index is 514. The fraction of sp³-hybridized carbons (Fsp3) is 0.200. The summed E-state index contributed by atoms with van der Waals surface area (Å²) in [7, 11) is 0. The molecule has 0 aromatic heterocycles. The Morgan fingerprint density at radius 2 is 1.69 bits per heavy atom. The summed E-state index contributed by atoms with van der Waals surface area (Å²) in [6.45, 7) is 0. The van der Waals surface area contributed by atoms with Gasteiger partial charge in [0, 0.05) is 11.3 Å². The summed E-state index contributed by atoms with van der Waals surface area (Å²) in [6.07, 6.45) is 3.58. The van der Waals surface area contributed by atoms with Gasteiger partial charge >= 0.3 is 0 Å². The van der Waals surface area contributed by atoms with Crippen LogP contribution in [0.25, 0.3) is 11.1 Å². The number of fused-ring (bicyclic) bond motifs is 1. The highest BCUT2D eigenvalue weighted by atomic mass is 14.6. The third-order valence-corrected chi connectivity index (χ3v) is 3.41. The van der Waals surface area contributed by atoms with Crippen molar-refractivity contribution in [2.75, 3.05) is 5.73 Å². The molecule has 1 aliphatic carbocycles. The summed E-state index contributed by atoms with van der Waals surface area (Å²) >= 11 is 0. The Morgan fingerprint density at radius 3 is 2.50 bits per heavy atom. The molecule has 0 fully saturated rings. The number of hydrogen-bond donors (Lipinski definition) is 1. The highest BCUT2D eigenvalue weighted by molar-refractivity contribution is 5.79. The monoisotopic (exact) mass is 209 g/mol. The molecule has 3 rings (SSSR count). The fourth-order valence-electron chi connectivity index (χ4n) is 2.56. The first-order valence-corrected chi connectivity index (χ1v) is 5.82. The summed E-state index contributed by atoms with van der Waals surface area (Å²) in [5, 5.41) is 0. The predicted molar refractivity (Wildman–Crippen MR) is 68.3 cm³/mol. The van der Waals surface area contributed by atoms with Gasteiger partial charge in [-0.3, -0.25) is 0 Å². The van der Waals surface area contributed by atoms with E-state index in [1.165, 1.54) is 35.1 Å². The maximum atomic E-state index is 6.27. The van der Waals surface area contributed by atoms with E-state index in [4.69, 9.17) is 5.73 Å². The van der Waals surface area contributed by atoms with Gasteiger partial charge in [-0.1, -0.05) is 42.5 Å². The van der Waals surface area contributed by atoms with Crippen LogP contribution in [0.2, 0.25) is 0 Å². The van der Waals surface area contributed by atoms with E-state index in [0.717, 1.165) is 12.1 Å². The number of aryl methyl sites for hydroxylation is 1. The Kier molecular flexibility index (Phi) is 2.17. The average Bonchev–Trinajstić information content (AvgIpc) is 2.80. The molecule has 0 unspecified atom stereocenters. The first kappa shape index (κ1) is 9.46. The van der Waals surface area contributed by atoms with E-state index >= 15 is 0 Å². The first-order valence-electron chi connectivity index (χ1n) is 5.82. The van der Waals surface area contributed by atoms with Gasteiger partial charge in [0.05, 0.1) is 0 Å². The largest absolute Gasteiger partial charge is 0.398 e. The van der Waals surface area contributed by atoms with Crippen molar-refractivity contribution in [3.8, 4) is 11.1 Å². The third kappa shape index (κ3) is 1.40. The molecule has 2 aromatic rings. The van der Waals surface area contributed by atoms with Crippen molar-refractivity contribution in [2.24, 2.45) is 0 Å². The lowest BCUT2D eigenvalue weighted by Crippen LogP contribution is -1.96. The van der Waals surface area contributed by atoms with Crippen molar-refractivity contribution >= 4 is 5.69 Å². The molecule has 80 valence electrons. The van der Waals surface area contributed by atoms with Gasteiger partial charge in [0.2, 0.25) is 0 Å². The molecular formula is C15H15N. The molecule has 0 spiro atoms. The Labute approximate surface area is 95.9 Å². The van der Waals surface area contributed by atoms with Gasteiger partial charge in [0.15, 0.2) is 0 Å². The second-order valence-corrected chi connectivity index (χ2v) is 4.38. The fourth-order valence-corrected chi connectivity index (χ4v) is 2.56. The molecule has 0 saturated heterocycles. The normalized spacial score (nSPS) is 13.8. The number of anilines is 1. The average molecular weight is 209 g/mol. The van der Waals surface area contributed by atoms with Gasteiger partial charge in [0.1, 0.15) is 0 Å². The molecule has 2 N–H and O–H groups in total. The molecule has 0 amide bonds. The minimum Gasteiger partial charge on any atom is -0.398 e. The summed E-state index contributed by atoms with van der Waals surface area (Å²) < 4.78 is 0. The maximum absolute atomic E-state index is 6.27. The van der Waals surface area contributed by atoms with Crippen LogP contribution >= 0.6 is 0 Å². The van der Waals surface area contributed by atoms with Gasteiger partial charge in [-0.25, -0.2) is 0 Å². The lowest BCUT2D eigenvalue weighted by atomic mass is 9.98. The summed E-state index contributed by atoms with van der Waals surface area (Å²) in [5.41, 5.74) is 12.5. The summed E-state index contributed by atoms with van der Waals surface area (Å²) in [4.78, 5) is 0. The number of nitrogens with two attached hydrogens (primary N) is 1. The Balaban J connectivity index is 2.16. The molecule has 1 nitrogen and oxygen atoms in total. The second kappa shape index (κ2) is 3.67. The quantitative estimate of drug-likeness (QED) is 0.715. The second-order valence-electron chi connectivity index (χ2n) is 4.38. The van der Waals surface area contributed by atoms with Gasteiger partial charge in [-0.2, -0.15) is 0 Å². The first-order chi connectivity index (χ1) is 7.86. The smallest absolute Gasteiger partial charge is 0.0429 e. The lowest BCUT2D eigenvalue weighted by molar-refractivity contribution is 0.912. The van der Waals surface area contributed by atoms with Crippen LogP contribution in [-0.4, -0.2) is 0 Å². The zero-order valence-corrected chi connectivity index (χ0v) is 9.24. The van der Waals surface area contributed by atoms with Gasteiger partial charge < -0.3 is 5.73 Å². The molecule has 0 heterocycles. The summed E-state index contributed by atoms with van der Waals surface area (Å²) in [5.74, 6) is 0. The van der Waals surface area contributed by atoms with Crippen LogP contribution in [-0.2, 0) is 12.8 Å². The van der Waals surface area contributed by atoms with E-state index in [-0.39, 0.29) is 0 Å². The standard InChI is InChI=1S/C15H15N/c16-15-13-8-4-7-12(13)9-10-14(15)11-5-2-1-3-6-11/h1-3,5-6,9-10H,4,7-8,16H2. The van der Waals surface area contributed by atoms with Crippen LogP contribution in [0.3, 0.4) is 0 Å². The van der Waals surface area contributed by atoms with Gasteiger partial charge in [-0.05, 0) is 36.0 Å². The molecule has 2 aromatic carbocycles. The van der Waals surface area contributed by atoms with E-state index in [2.05, 4.69) is 36.4 Å². The van der Waals surface area contributed by atoms with Gasteiger partial charge in [0.25, 0.3) is 0 Å². The van der Waals surface area contributed by atoms with E-state index in [0.29, 0.717) is 0 Å². The molecule has 0 bridgehead atoms. The molecule has 1 aliphatic rings. The van der Waals surface area contributed by atoms with Crippen molar-refractivity contribution in [2.45, 2.75) is 19.3 Å². The molecule has 0 atom stereocenters. The van der Waals surface area contributed by atoms with Crippen LogP contribution < -0.4 is 5.73 Å². The van der Waals surface area contributed by atoms with Crippen molar-refractivity contribution in [3.05, 3.63) is 53.6 Å². The molecule has 0 saturated carbocycles. The number of nitrogen functional groups attached to an aromatic ring is 1. The topological polar surface area (TPSA) is 26.0 Å².